The van der Waals surface area contributed by atoms with Crippen molar-refractivity contribution in [1.29, 1.82) is 0 Å². The number of anilines is 1. The van der Waals surface area contributed by atoms with Crippen molar-refractivity contribution in [2.45, 2.75) is 39.2 Å². The Hall–Kier alpha value is -1.65. The average molecular weight is 231 g/mol. The van der Waals surface area contributed by atoms with Gasteiger partial charge in [-0.1, -0.05) is 20.3 Å². The molecule has 2 N–H and O–H groups in total. The van der Waals surface area contributed by atoms with E-state index in [2.05, 4.69) is 39.3 Å². The second kappa shape index (κ2) is 3.68. The second-order valence-electron chi connectivity index (χ2n) is 5.43. The third kappa shape index (κ3) is 1.75. The largest absolute Gasteiger partial charge is 0.366 e. The highest BCUT2D eigenvalue weighted by Crippen LogP contribution is 2.39. The smallest absolute Gasteiger partial charge is 0.160 e. The molecule has 1 fully saturated rings. The Balaban J connectivity index is 1.92. The van der Waals surface area contributed by atoms with Gasteiger partial charge in [-0.3, -0.25) is 5.10 Å². The van der Waals surface area contributed by atoms with Gasteiger partial charge in [0.1, 0.15) is 12.1 Å². The molecule has 0 bridgehead atoms. The van der Waals surface area contributed by atoms with Crippen LogP contribution in [-0.4, -0.2) is 26.2 Å². The van der Waals surface area contributed by atoms with Gasteiger partial charge >= 0.3 is 0 Å². The number of rotatable bonds is 2. The van der Waals surface area contributed by atoms with Gasteiger partial charge in [0, 0.05) is 6.04 Å². The Morgan fingerprint density at radius 3 is 3.06 bits per heavy atom. The molecule has 2 aromatic rings. The van der Waals surface area contributed by atoms with Crippen LogP contribution in [0.3, 0.4) is 0 Å². The lowest BCUT2D eigenvalue weighted by atomic mass is 9.87. The predicted octanol–water partition coefficient (Wildman–Crippen LogP) is 2.34. The first-order valence-corrected chi connectivity index (χ1v) is 6.07. The minimum Gasteiger partial charge on any atom is -0.366 e. The molecule has 5 heteroatoms. The first-order chi connectivity index (χ1) is 8.17. The lowest BCUT2D eigenvalue weighted by Gasteiger charge is -2.28. The van der Waals surface area contributed by atoms with E-state index in [-0.39, 0.29) is 0 Å². The van der Waals surface area contributed by atoms with Crippen molar-refractivity contribution in [3.8, 4) is 0 Å². The minimum absolute atomic E-state index is 0.334. The zero-order chi connectivity index (χ0) is 11.9. The van der Waals surface area contributed by atoms with Crippen LogP contribution in [0.2, 0.25) is 0 Å². The third-order valence-corrected chi connectivity index (χ3v) is 3.82. The summed E-state index contributed by atoms with van der Waals surface area (Å²) in [5.74, 6) is 0.892. The van der Waals surface area contributed by atoms with Crippen LogP contribution < -0.4 is 5.32 Å². The van der Waals surface area contributed by atoms with E-state index < -0.39 is 0 Å². The van der Waals surface area contributed by atoms with Crippen molar-refractivity contribution in [2.24, 2.45) is 5.41 Å². The Morgan fingerprint density at radius 1 is 1.41 bits per heavy atom. The molecule has 5 nitrogen and oxygen atoms in total. The first-order valence-electron chi connectivity index (χ1n) is 6.07. The SMILES string of the molecule is CC1(C)CCCC1Nc1ncnc2[nH]ncc12. The molecule has 0 aliphatic heterocycles. The molecule has 90 valence electrons. The van der Waals surface area contributed by atoms with Crippen molar-refractivity contribution in [1.82, 2.24) is 20.2 Å². The standard InChI is InChI=1S/C12H17N5/c1-12(2)5-3-4-9(12)16-10-8-6-15-17-11(8)14-7-13-10/h6-7,9H,3-5H2,1-2H3,(H2,13,14,15,16,17). The highest BCUT2D eigenvalue weighted by molar-refractivity contribution is 5.85. The number of hydrogen-bond acceptors (Lipinski definition) is 4. The molecule has 0 spiro atoms. The summed E-state index contributed by atoms with van der Waals surface area (Å²) in [6.45, 7) is 4.62. The van der Waals surface area contributed by atoms with Crippen LogP contribution in [0.1, 0.15) is 33.1 Å². The summed E-state index contributed by atoms with van der Waals surface area (Å²) in [6.07, 6.45) is 7.11. The topological polar surface area (TPSA) is 66.5 Å². The molecule has 1 atom stereocenters. The summed E-state index contributed by atoms with van der Waals surface area (Å²) >= 11 is 0. The molecule has 1 unspecified atom stereocenters. The van der Waals surface area contributed by atoms with Gasteiger partial charge in [-0.2, -0.15) is 5.10 Å². The van der Waals surface area contributed by atoms with E-state index in [1.807, 2.05) is 0 Å². The maximum absolute atomic E-state index is 4.33. The molecule has 0 amide bonds. The van der Waals surface area contributed by atoms with Gasteiger partial charge in [0.2, 0.25) is 0 Å². The van der Waals surface area contributed by atoms with Crippen LogP contribution in [0.5, 0.6) is 0 Å². The Kier molecular flexibility index (Phi) is 2.28. The van der Waals surface area contributed by atoms with Crippen molar-refractivity contribution in [3.63, 3.8) is 0 Å². The second-order valence-corrected chi connectivity index (χ2v) is 5.43. The zero-order valence-electron chi connectivity index (χ0n) is 10.2. The molecule has 1 aliphatic rings. The monoisotopic (exact) mass is 231 g/mol. The van der Waals surface area contributed by atoms with E-state index in [1.165, 1.54) is 19.3 Å². The average Bonchev–Trinajstić information content (AvgIpc) is 2.86. The third-order valence-electron chi connectivity index (χ3n) is 3.82. The Labute approximate surface area is 100 Å². The lowest BCUT2D eigenvalue weighted by Crippen LogP contribution is -2.31. The van der Waals surface area contributed by atoms with Gasteiger partial charge in [0.15, 0.2) is 5.65 Å². The summed E-state index contributed by atoms with van der Waals surface area (Å²) in [7, 11) is 0. The van der Waals surface area contributed by atoms with E-state index in [0.717, 1.165) is 16.9 Å². The van der Waals surface area contributed by atoms with Crippen LogP contribution >= 0.6 is 0 Å². The van der Waals surface area contributed by atoms with Crippen LogP contribution in [0, 0.1) is 5.41 Å². The number of nitrogens with one attached hydrogen (secondary N) is 2. The predicted molar refractivity (Wildman–Crippen MR) is 66.7 cm³/mol. The van der Waals surface area contributed by atoms with Crippen molar-refractivity contribution < 1.29 is 0 Å². The van der Waals surface area contributed by atoms with Gasteiger partial charge in [-0.15, -0.1) is 0 Å². The maximum atomic E-state index is 4.33. The fourth-order valence-corrected chi connectivity index (χ4v) is 2.64. The Bertz CT molecular complexity index is 530. The number of aromatic nitrogens is 4. The van der Waals surface area contributed by atoms with Crippen LogP contribution in [0.15, 0.2) is 12.5 Å². The zero-order valence-corrected chi connectivity index (χ0v) is 10.2. The maximum Gasteiger partial charge on any atom is 0.160 e. The molecule has 1 aliphatic carbocycles. The van der Waals surface area contributed by atoms with Crippen molar-refractivity contribution in [2.75, 3.05) is 5.32 Å². The van der Waals surface area contributed by atoms with Gasteiger partial charge < -0.3 is 5.32 Å². The first kappa shape index (κ1) is 10.5. The van der Waals surface area contributed by atoms with Gasteiger partial charge in [-0.05, 0) is 18.3 Å². The minimum atomic E-state index is 0.334. The number of hydrogen-bond donors (Lipinski definition) is 2. The quantitative estimate of drug-likeness (QED) is 0.832. The van der Waals surface area contributed by atoms with Crippen molar-refractivity contribution in [3.05, 3.63) is 12.5 Å². The molecule has 0 saturated heterocycles. The number of fused-ring (bicyclic) bond motifs is 1. The molecular formula is C12H17N5. The number of H-pyrrole nitrogens is 1. The highest BCUT2D eigenvalue weighted by Gasteiger charge is 2.34. The van der Waals surface area contributed by atoms with Gasteiger partial charge in [0.05, 0.1) is 11.6 Å². The van der Waals surface area contributed by atoms with E-state index in [4.69, 9.17) is 0 Å². The fraction of sp³-hybridized carbons (Fsp3) is 0.583. The van der Waals surface area contributed by atoms with Gasteiger partial charge in [0.25, 0.3) is 0 Å². The highest BCUT2D eigenvalue weighted by atomic mass is 15.2. The summed E-state index contributed by atoms with van der Waals surface area (Å²) < 4.78 is 0. The molecule has 3 rings (SSSR count). The molecule has 2 heterocycles. The summed E-state index contributed by atoms with van der Waals surface area (Å²) in [5.41, 5.74) is 1.12. The molecular weight excluding hydrogens is 214 g/mol. The Morgan fingerprint density at radius 2 is 2.29 bits per heavy atom. The van der Waals surface area contributed by atoms with Crippen LogP contribution in [0.25, 0.3) is 11.0 Å². The summed E-state index contributed by atoms with van der Waals surface area (Å²) in [4.78, 5) is 8.47. The normalized spacial score (nSPS) is 23.1. The van der Waals surface area contributed by atoms with Crippen LogP contribution in [-0.2, 0) is 0 Å². The van der Waals surface area contributed by atoms with Crippen molar-refractivity contribution >= 4 is 16.9 Å². The van der Waals surface area contributed by atoms with E-state index in [1.54, 1.807) is 12.5 Å². The van der Waals surface area contributed by atoms with E-state index >= 15 is 0 Å². The summed E-state index contributed by atoms with van der Waals surface area (Å²) in [6, 6.07) is 0.482. The van der Waals surface area contributed by atoms with E-state index in [9.17, 15) is 0 Å². The van der Waals surface area contributed by atoms with Gasteiger partial charge in [-0.25, -0.2) is 9.97 Å². The molecule has 1 saturated carbocycles. The molecule has 17 heavy (non-hydrogen) atoms. The summed E-state index contributed by atoms with van der Waals surface area (Å²) in [5, 5.41) is 11.4. The van der Waals surface area contributed by atoms with E-state index in [0.29, 0.717) is 11.5 Å². The van der Waals surface area contributed by atoms with Crippen LogP contribution in [0.4, 0.5) is 5.82 Å². The number of nitrogens with zero attached hydrogens (tertiary/aromatic N) is 3. The fourth-order valence-electron chi connectivity index (χ4n) is 2.64. The molecule has 0 radical (unpaired) electrons. The lowest BCUT2D eigenvalue weighted by molar-refractivity contribution is 0.349. The number of aromatic amines is 1. The molecule has 0 aromatic carbocycles. The molecule has 2 aromatic heterocycles.